The molecule has 0 N–H and O–H groups in total. The van der Waals surface area contributed by atoms with Gasteiger partial charge in [-0.25, -0.2) is 0 Å². The lowest BCUT2D eigenvalue weighted by Crippen LogP contribution is -2.23. The van der Waals surface area contributed by atoms with E-state index in [1.807, 2.05) is 25.1 Å². The predicted molar refractivity (Wildman–Crippen MR) is 77.7 cm³/mol. The molecule has 0 aliphatic carbocycles. The summed E-state index contributed by atoms with van der Waals surface area (Å²) < 4.78 is 18.0. The molecule has 0 unspecified atom stereocenters. The molecule has 0 aromatic heterocycles. The average Bonchev–Trinajstić information content (AvgIpc) is 2.74. The lowest BCUT2D eigenvalue weighted by molar-refractivity contribution is -0.150. The Balaban J connectivity index is 2.19. The minimum Gasteiger partial charge on any atom is -0.493 e. The third-order valence-electron chi connectivity index (χ3n) is 2.61. The van der Waals surface area contributed by atoms with Crippen LogP contribution in [0, 0.1) is 3.57 Å². The van der Waals surface area contributed by atoms with Crippen molar-refractivity contribution in [2.75, 3.05) is 25.2 Å². The van der Waals surface area contributed by atoms with Gasteiger partial charge in [-0.3, -0.25) is 0 Å². The molecule has 1 heterocycles. The second-order valence-electron chi connectivity index (χ2n) is 3.82. The van der Waals surface area contributed by atoms with Crippen LogP contribution in [0.2, 0.25) is 0 Å². The molecular weight excluding hydrogens is 399 g/mol. The Morgan fingerprint density at radius 1 is 1.41 bits per heavy atom. The lowest BCUT2D eigenvalue weighted by atomic mass is 10.1. The fourth-order valence-electron chi connectivity index (χ4n) is 1.78. The minimum atomic E-state index is -0.607. The number of hydrogen-bond acceptors (Lipinski definition) is 3. The summed E-state index contributed by atoms with van der Waals surface area (Å²) in [5.41, 5.74) is 1.06. The highest BCUT2D eigenvalue weighted by molar-refractivity contribution is 14.1. The van der Waals surface area contributed by atoms with Gasteiger partial charge in [-0.05, 0) is 47.7 Å². The second kappa shape index (κ2) is 5.86. The number of alkyl halides is 1. The summed E-state index contributed by atoms with van der Waals surface area (Å²) in [6.07, 6.45) is 0. The van der Waals surface area contributed by atoms with Crippen LogP contribution < -0.4 is 4.74 Å². The standard InChI is InChI=1S/C12H14BrIO3/c1-12(16-6-7-17-12)10-3-2-9(8-11(10)14)15-5-4-13/h2-3,8H,4-7H2,1H3. The van der Waals surface area contributed by atoms with Crippen molar-refractivity contribution in [2.45, 2.75) is 12.7 Å². The molecule has 0 saturated carbocycles. The van der Waals surface area contributed by atoms with Crippen LogP contribution in [0.1, 0.15) is 12.5 Å². The number of benzene rings is 1. The Hall–Kier alpha value is 0.150. The zero-order valence-corrected chi connectivity index (χ0v) is 13.3. The Labute approximate surface area is 123 Å². The monoisotopic (exact) mass is 412 g/mol. The van der Waals surface area contributed by atoms with Crippen LogP contribution in [0.4, 0.5) is 0 Å². The van der Waals surface area contributed by atoms with E-state index in [1.165, 1.54) is 0 Å². The SMILES string of the molecule is CC1(c2ccc(OCCBr)cc2I)OCCO1. The van der Waals surface area contributed by atoms with Gasteiger partial charge in [-0.1, -0.05) is 15.9 Å². The maximum Gasteiger partial charge on any atom is 0.193 e. The number of rotatable bonds is 4. The lowest BCUT2D eigenvalue weighted by Gasteiger charge is -2.24. The maximum absolute atomic E-state index is 5.65. The van der Waals surface area contributed by atoms with Crippen molar-refractivity contribution in [3.63, 3.8) is 0 Å². The molecule has 17 heavy (non-hydrogen) atoms. The number of halogens is 2. The first kappa shape index (κ1) is 13.6. The first-order valence-electron chi connectivity index (χ1n) is 5.42. The molecule has 5 heteroatoms. The van der Waals surface area contributed by atoms with E-state index < -0.39 is 5.79 Å². The summed E-state index contributed by atoms with van der Waals surface area (Å²) in [7, 11) is 0. The maximum atomic E-state index is 5.65. The molecule has 0 radical (unpaired) electrons. The van der Waals surface area contributed by atoms with Gasteiger partial charge in [0.25, 0.3) is 0 Å². The molecule has 3 nitrogen and oxygen atoms in total. The molecule has 1 aromatic carbocycles. The number of ether oxygens (including phenoxy) is 3. The number of hydrogen-bond donors (Lipinski definition) is 0. The van der Waals surface area contributed by atoms with Crippen molar-refractivity contribution < 1.29 is 14.2 Å². The Morgan fingerprint density at radius 3 is 2.71 bits per heavy atom. The van der Waals surface area contributed by atoms with Crippen molar-refractivity contribution in [1.29, 1.82) is 0 Å². The molecular formula is C12H14BrIO3. The molecule has 0 amide bonds. The molecule has 1 aliphatic rings. The quantitative estimate of drug-likeness (QED) is 0.561. The normalized spacial score (nSPS) is 18.3. The van der Waals surface area contributed by atoms with Gasteiger partial charge in [-0.15, -0.1) is 0 Å². The van der Waals surface area contributed by atoms with Crippen LogP contribution in [-0.2, 0) is 15.3 Å². The van der Waals surface area contributed by atoms with Crippen LogP contribution in [0.5, 0.6) is 5.75 Å². The summed E-state index contributed by atoms with van der Waals surface area (Å²) in [4.78, 5) is 0. The van der Waals surface area contributed by atoms with Gasteiger partial charge in [0.15, 0.2) is 5.79 Å². The zero-order chi connectivity index (χ0) is 12.3. The molecule has 1 aliphatic heterocycles. The van der Waals surface area contributed by atoms with Crippen molar-refractivity contribution in [2.24, 2.45) is 0 Å². The van der Waals surface area contributed by atoms with Crippen LogP contribution in [0.3, 0.4) is 0 Å². The van der Waals surface area contributed by atoms with Gasteiger partial charge < -0.3 is 14.2 Å². The van der Waals surface area contributed by atoms with Crippen molar-refractivity contribution >= 4 is 38.5 Å². The highest BCUT2D eigenvalue weighted by Gasteiger charge is 2.34. The minimum absolute atomic E-state index is 0.607. The van der Waals surface area contributed by atoms with Gasteiger partial charge in [0.2, 0.25) is 0 Å². The largest absolute Gasteiger partial charge is 0.493 e. The van der Waals surface area contributed by atoms with E-state index in [9.17, 15) is 0 Å². The van der Waals surface area contributed by atoms with E-state index in [2.05, 4.69) is 38.5 Å². The Morgan fingerprint density at radius 2 is 2.12 bits per heavy atom. The highest BCUT2D eigenvalue weighted by Crippen LogP contribution is 2.35. The topological polar surface area (TPSA) is 27.7 Å². The van der Waals surface area contributed by atoms with Gasteiger partial charge >= 0.3 is 0 Å². The second-order valence-corrected chi connectivity index (χ2v) is 5.78. The van der Waals surface area contributed by atoms with Crippen LogP contribution >= 0.6 is 38.5 Å². The van der Waals surface area contributed by atoms with E-state index in [1.54, 1.807) is 0 Å². The summed E-state index contributed by atoms with van der Waals surface area (Å²) in [6, 6.07) is 5.97. The van der Waals surface area contributed by atoms with Crippen LogP contribution in [0.15, 0.2) is 18.2 Å². The van der Waals surface area contributed by atoms with E-state index >= 15 is 0 Å². The molecule has 0 spiro atoms. The summed E-state index contributed by atoms with van der Waals surface area (Å²) in [5, 5.41) is 0.829. The van der Waals surface area contributed by atoms with Gasteiger partial charge in [0, 0.05) is 14.5 Å². The molecule has 2 rings (SSSR count). The first-order valence-corrected chi connectivity index (χ1v) is 7.62. The molecule has 0 atom stereocenters. The molecule has 0 bridgehead atoms. The Kier molecular flexibility index (Phi) is 4.68. The van der Waals surface area contributed by atoms with Crippen LogP contribution in [0.25, 0.3) is 0 Å². The van der Waals surface area contributed by atoms with E-state index in [-0.39, 0.29) is 0 Å². The highest BCUT2D eigenvalue weighted by atomic mass is 127. The summed E-state index contributed by atoms with van der Waals surface area (Å²) in [5.74, 6) is 0.268. The first-order chi connectivity index (χ1) is 8.15. The third-order valence-corrected chi connectivity index (χ3v) is 3.83. The fourth-order valence-corrected chi connectivity index (χ4v) is 2.92. The van der Waals surface area contributed by atoms with Gasteiger partial charge in [0.1, 0.15) is 5.75 Å². The summed E-state index contributed by atoms with van der Waals surface area (Å²) in [6.45, 7) is 3.92. The molecule has 1 fully saturated rings. The van der Waals surface area contributed by atoms with Crippen molar-refractivity contribution in [1.82, 2.24) is 0 Å². The van der Waals surface area contributed by atoms with E-state index in [0.29, 0.717) is 19.8 Å². The molecule has 1 saturated heterocycles. The molecule has 94 valence electrons. The predicted octanol–water partition coefficient (Wildman–Crippen LogP) is 3.28. The van der Waals surface area contributed by atoms with E-state index in [4.69, 9.17) is 14.2 Å². The fraction of sp³-hybridized carbons (Fsp3) is 0.500. The smallest absolute Gasteiger partial charge is 0.193 e. The third kappa shape index (κ3) is 3.13. The van der Waals surface area contributed by atoms with Crippen molar-refractivity contribution in [3.8, 4) is 5.75 Å². The van der Waals surface area contributed by atoms with Gasteiger partial charge in [-0.2, -0.15) is 0 Å². The summed E-state index contributed by atoms with van der Waals surface area (Å²) >= 11 is 5.62. The zero-order valence-electron chi connectivity index (χ0n) is 9.54. The van der Waals surface area contributed by atoms with Crippen molar-refractivity contribution in [3.05, 3.63) is 27.3 Å². The van der Waals surface area contributed by atoms with E-state index in [0.717, 1.165) is 20.2 Å². The van der Waals surface area contributed by atoms with Crippen LogP contribution in [-0.4, -0.2) is 25.2 Å². The molecule has 1 aromatic rings. The van der Waals surface area contributed by atoms with Gasteiger partial charge in [0.05, 0.1) is 19.8 Å². The Bertz CT molecular complexity index is 391. The average molecular weight is 413 g/mol.